The van der Waals surface area contributed by atoms with E-state index in [1.54, 1.807) is 0 Å². The van der Waals surface area contributed by atoms with Crippen LogP contribution in [-0.4, -0.2) is 96.7 Å². The molecule has 0 aliphatic heterocycles. The van der Waals surface area contributed by atoms with Crippen molar-refractivity contribution in [3.63, 3.8) is 0 Å². The maximum absolute atomic E-state index is 13.2. The summed E-state index contributed by atoms with van der Waals surface area (Å²) >= 11 is 0. The molecule has 5 atom stereocenters. The minimum atomic E-state index is -4.97. The summed E-state index contributed by atoms with van der Waals surface area (Å²) in [5.41, 5.74) is 0. The Hall–Kier alpha value is -1.94. The Kier molecular flexibility index (Phi) is 84.6. The molecule has 0 aromatic rings. The van der Waals surface area contributed by atoms with Crippen LogP contribution >= 0.6 is 15.6 Å². The number of carbonyl (C=O) groups is 4. The van der Waals surface area contributed by atoms with E-state index in [1.807, 2.05) is 0 Å². The Morgan fingerprint density at radius 1 is 0.237 bits per heavy atom. The number of phosphoric ester groups is 2. The lowest BCUT2D eigenvalue weighted by Gasteiger charge is -2.21. The van der Waals surface area contributed by atoms with E-state index in [1.165, 1.54) is 334 Å². The highest BCUT2D eigenvalue weighted by atomic mass is 31.2. The zero-order valence-electron chi connectivity index (χ0n) is 75.4. The molecule has 0 rings (SSSR count). The monoisotopic (exact) mass is 1660 g/mol. The fraction of sp³-hybridized carbons (Fsp3) is 0.958. The standard InChI is InChI=1S/C95H186O17P2/c1-7-9-11-13-15-17-19-21-23-25-27-29-31-35-39-43-47-53-59-65-71-77-92(97)105-83-90(111-94(99)79-74-68-62-55-49-45-41-37-33-32-34-38-42-46-51-57-63-69-75-87(3)4)85-109-113(101,102)107-81-89(96)82-108-114(103,104)110-86-91(84-106-93(98)78-72-66-60-56-50-52-58-64-70-76-88(5)6)112-95(100)80-73-67-61-54-48-44-40-36-30-28-26-24-22-20-18-16-14-12-10-8-2/h87-91,96H,7-86H2,1-6H3,(H,101,102)(H,103,104)/t89-,90-,91-/m1/s1. The molecule has 19 heteroatoms. The average Bonchev–Trinajstić information content (AvgIpc) is 0.896. The van der Waals surface area contributed by atoms with Crippen LogP contribution in [0.15, 0.2) is 0 Å². The lowest BCUT2D eigenvalue weighted by Crippen LogP contribution is -2.30. The number of ether oxygens (including phenoxy) is 4. The van der Waals surface area contributed by atoms with Gasteiger partial charge < -0.3 is 33.8 Å². The predicted molar refractivity (Wildman–Crippen MR) is 474 cm³/mol. The maximum Gasteiger partial charge on any atom is 0.472 e. The van der Waals surface area contributed by atoms with Crippen LogP contribution in [0.25, 0.3) is 0 Å². The molecule has 17 nitrogen and oxygen atoms in total. The highest BCUT2D eigenvalue weighted by Crippen LogP contribution is 2.45. The molecule has 0 radical (unpaired) electrons. The van der Waals surface area contributed by atoms with Crippen molar-refractivity contribution in [2.75, 3.05) is 39.6 Å². The highest BCUT2D eigenvalue weighted by molar-refractivity contribution is 7.47. The third-order valence-electron chi connectivity index (χ3n) is 22.5. The second-order valence-electron chi connectivity index (χ2n) is 35.1. The number of phosphoric acid groups is 2. The van der Waals surface area contributed by atoms with Crippen LogP contribution in [0.2, 0.25) is 0 Å². The second kappa shape index (κ2) is 86.0. The number of esters is 4. The molecule has 0 saturated heterocycles. The first-order valence-electron chi connectivity index (χ1n) is 49.0. The van der Waals surface area contributed by atoms with Gasteiger partial charge in [0.25, 0.3) is 0 Å². The van der Waals surface area contributed by atoms with Crippen LogP contribution < -0.4 is 0 Å². The Balaban J connectivity index is 5.24. The van der Waals surface area contributed by atoms with Gasteiger partial charge in [-0.3, -0.25) is 37.3 Å². The van der Waals surface area contributed by atoms with E-state index < -0.39 is 97.5 Å². The van der Waals surface area contributed by atoms with E-state index in [9.17, 15) is 43.2 Å². The maximum atomic E-state index is 13.2. The zero-order chi connectivity index (χ0) is 83.4. The minimum Gasteiger partial charge on any atom is -0.462 e. The molecular formula is C95H186O17P2. The average molecular weight is 1660 g/mol. The Morgan fingerprint density at radius 3 is 0.596 bits per heavy atom. The quantitative estimate of drug-likeness (QED) is 0.0222. The van der Waals surface area contributed by atoms with Crippen LogP contribution in [0.1, 0.15) is 517 Å². The molecule has 0 aliphatic rings. The first kappa shape index (κ1) is 112. The smallest absolute Gasteiger partial charge is 0.462 e. The third-order valence-corrected chi connectivity index (χ3v) is 24.4. The SMILES string of the molecule is CCCCCCCCCCCCCCCCCCCCCCCC(=O)OC[C@H](COP(=O)(O)OC[C@@H](O)COP(=O)(O)OC[C@@H](COC(=O)CCCCCCCCCCCC(C)C)OC(=O)CCCCCCCCCCCCCCCCCCCCCC)OC(=O)CCCCCCCCCCCCCCCCCCCCC(C)C. The molecule has 0 spiro atoms. The molecule has 0 aliphatic carbocycles. The summed E-state index contributed by atoms with van der Waals surface area (Å²) in [7, 11) is -9.94. The van der Waals surface area contributed by atoms with Crippen molar-refractivity contribution >= 4 is 39.5 Å². The van der Waals surface area contributed by atoms with Gasteiger partial charge >= 0.3 is 39.5 Å². The van der Waals surface area contributed by atoms with Crippen molar-refractivity contribution in [3.05, 3.63) is 0 Å². The Morgan fingerprint density at radius 2 is 0.404 bits per heavy atom. The van der Waals surface area contributed by atoms with Gasteiger partial charge in [-0.2, -0.15) is 0 Å². The minimum absolute atomic E-state index is 0.109. The molecule has 114 heavy (non-hydrogen) atoms. The fourth-order valence-electron chi connectivity index (χ4n) is 15.0. The summed E-state index contributed by atoms with van der Waals surface area (Å²) < 4.78 is 69.2. The topological polar surface area (TPSA) is 237 Å². The summed E-state index contributed by atoms with van der Waals surface area (Å²) in [4.78, 5) is 73.6. The van der Waals surface area contributed by atoms with E-state index in [0.717, 1.165) is 102 Å². The molecule has 0 aromatic heterocycles. The largest absolute Gasteiger partial charge is 0.472 e. The molecule has 2 unspecified atom stereocenters. The van der Waals surface area contributed by atoms with Gasteiger partial charge in [0.05, 0.1) is 26.4 Å². The summed E-state index contributed by atoms with van der Waals surface area (Å²) in [5, 5.41) is 10.7. The van der Waals surface area contributed by atoms with Gasteiger partial charge in [0.1, 0.15) is 19.3 Å². The van der Waals surface area contributed by atoms with E-state index in [-0.39, 0.29) is 25.7 Å². The van der Waals surface area contributed by atoms with Gasteiger partial charge in [-0.15, -0.1) is 0 Å². The first-order chi connectivity index (χ1) is 55.4. The van der Waals surface area contributed by atoms with Gasteiger partial charge in [0.2, 0.25) is 0 Å². The van der Waals surface area contributed by atoms with E-state index in [0.29, 0.717) is 25.7 Å². The Bertz CT molecular complexity index is 2170. The van der Waals surface area contributed by atoms with Gasteiger partial charge in [0.15, 0.2) is 12.2 Å². The van der Waals surface area contributed by atoms with E-state index >= 15 is 0 Å². The molecular weight excluding hydrogens is 1470 g/mol. The Labute approximate surface area is 702 Å². The van der Waals surface area contributed by atoms with Gasteiger partial charge in [-0.05, 0) is 37.5 Å². The number of hydrogen-bond acceptors (Lipinski definition) is 15. The highest BCUT2D eigenvalue weighted by Gasteiger charge is 2.31. The van der Waals surface area contributed by atoms with Crippen LogP contribution in [0, 0.1) is 11.8 Å². The number of aliphatic hydroxyl groups is 1. The van der Waals surface area contributed by atoms with Gasteiger partial charge in [-0.25, -0.2) is 9.13 Å². The molecule has 0 amide bonds. The van der Waals surface area contributed by atoms with Crippen molar-refractivity contribution in [1.82, 2.24) is 0 Å². The molecule has 0 aromatic carbocycles. The number of rotatable bonds is 94. The lowest BCUT2D eigenvalue weighted by atomic mass is 10.0. The second-order valence-corrected chi connectivity index (χ2v) is 38.0. The summed E-state index contributed by atoms with van der Waals surface area (Å²) in [6.07, 6.45) is 82.2. The summed E-state index contributed by atoms with van der Waals surface area (Å²) in [6, 6.07) is 0. The van der Waals surface area contributed by atoms with Crippen molar-refractivity contribution in [3.8, 4) is 0 Å². The number of hydrogen-bond donors (Lipinski definition) is 3. The fourth-order valence-corrected chi connectivity index (χ4v) is 16.6. The van der Waals surface area contributed by atoms with Crippen molar-refractivity contribution in [2.45, 2.75) is 535 Å². The van der Waals surface area contributed by atoms with Gasteiger partial charge in [0, 0.05) is 25.7 Å². The van der Waals surface area contributed by atoms with Gasteiger partial charge in [-0.1, -0.05) is 465 Å². The lowest BCUT2D eigenvalue weighted by molar-refractivity contribution is -0.161. The van der Waals surface area contributed by atoms with E-state index in [2.05, 4.69) is 41.5 Å². The number of aliphatic hydroxyl groups excluding tert-OH is 1. The number of unbranched alkanes of at least 4 members (excludes halogenated alkanes) is 64. The van der Waals surface area contributed by atoms with Crippen LogP contribution in [0.3, 0.4) is 0 Å². The van der Waals surface area contributed by atoms with Crippen LogP contribution in [0.4, 0.5) is 0 Å². The first-order valence-corrected chi connectivity index (χ1v) is 52.0. The summed E-state index contributed by atoms with van der Waals surface area (Å²) in [5.74, 6) is -0.528. The van der Waals surface area contributed by atoms with Crippen LogP contribution in [0.5, 0.6) is 0 Å². The van der Waals surface area contributed by atoms with Crippen molar-refractivity contribution in [1.29, 1.82) is 0 Å². The zero-order valence-corrected chi connectivity index (χ0v) is 77.2. The van der Waals surface area contributed by atoms with Crippen molar-refractivity contribution < 1.29 is 80.2 Å². The normalized spacial score (nSPS) is 13.7. The molecule has 0 saturated carbocycles. The van der Waals surface area contributed by atoms with Crippen LogP contribution in [-0.2, 0) is 65.4 Å². The molecule has 0 bridgehead atoms. The third kappa shape index (κ3) is 87.9. The summed E-state index contributed by atoms with van der Waals surface area (Å²) in [6.45, 7) is 9.74. The molecule has 3 N–H and O–H groups in total. The molecule has 678 valence electrons. The number of carbonyl (C=O) groups excluding carboxylic acids is 4. The van der Waals surface area contributed by atoms with E-state index in [4.69, 9.17) is 37.0 Å². The molecule has 0 heterocycles. The van der Waals surface area contributed by atoms with Crippen molar-refractivity contribution in [2.24, 2.45) is 11.8 Å². The predicted octanol–water partition coefficient (Wildman–Crippen LogP) is 29.7. The molecule has 0 fully saturated rings.